The van der Waals surface area contributed by atoms with Crippen LogP contribution in [0, 0.1) is 19.7 Å². The molecule has 1 aliphatic rings. The fourth-order valence-electron chi connectivity index (χ4n) is 3.70. The van der Waals surface area contributed by atoms with Crippen molar-refractivity contribution in [1.82, 2.24) is 9.97 Å². The number of rotatable bonds is 1. The van der Waals surface area contributed by atoms with Crippen LogP contribution in [0.2, 0.25) is 0 Å². The third-order valence-corrected chi connectivity index (χ3v) is 5.16. The van der Waals surface area contributed by atoms with Crippen molar-refractivity contribution in [2.24, 2.45) is 0 Å². The number of nitrogens with zero attached hydrogens (tertiary/aromatic N) is 2. The van der Waals surface area contributed by atoms with Crippen LogP contribution < -0.4 is 4.90 Å². The fraction of sp³-hybridized carbons (Fsp3) is 0.316. The largest absolute Gasteiger partial charge is 0.361 e. The van der Waals surface area contributed by atoms with Crippen molar-refractivity contribution in [3.8, 4) is 0 Å². The van der Waals surface area contributed by atoms with Crippen LogP contribution in [0.15, 0.2) is 30.6 Å². The number of halogens is 1. The van der Waals surface area contributed by atoms with E-state index in [1.165, 1.54) is 22.2 Å². The average Bonchev–Trinajstić information content (AvgIpc) is 2.83. The summed E-state index contributed by atoms with van der Waals surface area (Å²) in [5.41, 5.74) is 7.03. The molecule has 0 bridgehead atoms. The fourth-order valence-corrected chi connectivity index (χ4v) is 3.70. The van der Waals surface area contributed by atoms with Crippen molar-refractivity contribution >= 4 is 16.6 Å². The van der Waals surface area contributed by atoms with Gasteiger partial charge in [0.2, 0.25) is 0 Å². The number of hydrogen-bond donors (Lipinski definition) is 1. The predicted octanol–water partition coefficient (Wildman–Crippen LogP) is 4.44. The number of aromatic nitrogens is 2. The molecular formula is C19H20FN3. The highest BCUT2D eigenvalue weighted by Gasteiger charge is 2.26. The molecule has 1 N–H and O–H groups in total. The number of hydrogen-bond acceptors (Lipinski definition) is 2. The monoisotopic (exact) mass is 309 g/mol. The van der Waals surface area contributed by atoms with E-state index in [4.69, 9.17) is 0 Å². The zero-order chi connectivity index (χ0) is 16.1. The summed E-state index contributed by atoms with van der Waals surface area (Å²) in [6, 6.07) is 5.35. The van der Waals surface area contributed by atoms with E-state index >= 15 is 0 Å². The molecule has 4 heteroatoms. The summed E-state index contributed by atoms with van der Waals surface area (Å²) in [5, 5.41) is 1.18. The highest BCUT2D eigenvalue weighted by molar-refractivity contribution is 5.93. The quantitative estimate of drug-likeness (QED) is 0.720. The minimum absolute atomic E-state index is 0.149. The van der Waals surface area contributed by atoms with Crippen LogP contribution in [0.4, 0.5) is 10.1 Å². The number of anilines is 1. The van der Waals surface area contributed by atoms with Gasteiger partial charge in [0, 0.05) is 23.8 Å². The van der Waals surface area contributed by atoms with Gasteiger partial charge in [-0.2, -0.15) is 0 Å². The van der Waals surface area contributed by atoms with Crippen LogP contribution in [-0.4, -0.2) is 16.5 Å². The second kappa shape index (κ2) is 5.08. The van der Waals surface area contributed by atoms with E-state index in [0.717, 1.165) is 29.7 Å². The van der Waals surface area contributed by atoms with E-state index in [0.29, 0.717) is 0 Å². The second-order valence-electron chi connectivity index (χ2n) is 6.42. The molecule has 4 rings (SSSR count). The van der Waals surface area contributed by atoms with Crippen molar-refractivity contribution < 1.29 is 4.39 Å². The zero-order valence-electron chi connectivity index (χ0n) is 13.7. The summed E-state index contributed by atoms with van der Waals surface area (Å²) in [7, 11) is 0. The van der Waals surface area contributed by atoms with Crippen LogP contribution in [0.25, 0.3) is 10.9 Å². The van der Waals surface area contributed by atoms with Crippen molar-refractivity contribution in [3.63, 3.8) is 0 Å². The highest BCUT2D eigenvalue weighted by Crippen LogP contribution is 2.37. The van der Waals surface area contributed by atoms with Crippen molar-refractivity contribution in [2.45, 2.75) is 33.2 Å². The van der Waals surface area contributed by atoms with Crippen LogP contribution in [0.1, 0.15) is 35.3 Å². The second-order valence-corrected chi connectivity index (χ2v) is 6.42. The average molecular weight is 309 g/mol. The Morgan fingerprint density at radius 3 is 2.91 bits per heavy atom. The first-order valence-corrected chi connectivity index (χ1v) is 8.04. The van der Waals surface area contributed by atoms with Crippen LogP contribution in [0.3, 0.4) is 0 Å². The van der Waals surface area contributed by atoms with Gasteiger partial charge >= 0.3 is 0 Å². The maximum absolute atomic E-state index is 13.5. The van der Waals surface area contributed by atoms with E-state index in [1.807, 2.05) is 18.5 Å². The van der Waals surface area contributed by atoms with Gasteiger partial charge in [-0.3, -0.25) is 4.98 Å². The Morgan fingerprint density at radius 2 is 2.09 bits per heavy atom. The van der Waals surface area contributed by atoms with Crippen molar-refractivity contribution in [3.05, 3.63) is 58.8 Å². The third-order valence-electron chi connectivity index (χ3n) is 5.16. The van der Waals surface area contributed by atoms with E-state index in [1.54, 1.807) is 12.1 Å². The molecule has 0 radical (unpaired) electrons. The molecule has 0 aliphatic carbocycles. The first-order valence-electron chi connectivity index (χ1n) is 8.04. The number of nitrogens with one attached hydrogen (secondary N) is 1. The molecule has 3 nitrogen and oxygen atoms in total. The number of aryl methyl sites for hydroxylation is 2. The van der Waals surface area contributed by atoms with E-state index in [9.17, 15) is 4.39 Å². The summed E-state index contributed by atoms with van der Waals surface area (Å²) >= 11 is 0. The van der Waals surface area contributed by atoms with Gasteiger partial charge in [0.15, 0.2) is 0 Å². The summed E-state index contributed by atoms with van der Waals surface area (Å²) in [6.45, 7) is 7.26. The first kappa shape index (κ1) is 14.2. The maximum atomic E-state index is 13.5. The molecule has 0 saturated heterocycles. The molecule has 0 saturated carbocycles. The van der Waals surface area contributed by atoms with Gasteiger partial charge in [0.1, 0.15) is 5.82 Å². The Balaban J connectivity index is 1.83. The standard InChI is InChI=1S/C19H20FN3/c1-11-12(2)22-19-17(11)9-21-10-18(19)23-7-6-14-8-15(20)4-5-16(14)13(23)3/h4-5,8-10,13,22H,6-7H2,1-3H3. The molecule has 1 atom stereocenters. The van der Waals surface area contributed by atoms with Gasteiger partial charge in [-0.25, -0.2) is 4.39 Å². The lowest BCUT2D eigenvalue weighted by Gasteiger charge is -2.37. The third kappa shape index (κ3) is 2.12. The Labute approximate surface area is 135 Å². The number of fused-ring (bicyclic) bond motifs is 2. The Kier molecular flexibility index (Phi) is 3.15. The number of pyridine rings is 1. The minimum atomic E-state index is -0.149. The topological polar surface area (TPSA) is 31.9 Å². The molecular weight excluding hydrogens is 289 g/mol. The minimum Gasteiger partial charge on any atom is -0.361 e. The van der Waals surface area contributed by atoms with Gasteiger partial charge in [-0.15, -0.1) is 0 Å². The van der Waals surface area contributed by atoms with E-state index < -0.39 is 0 Å². The van der Waals surface area contributed by atoms with E-state index in [-0.39, 0.29) is 11.9 Å². The molecule has 3 aromatic rings. The van der Waals surface area contributed by atoms with Crippen LogP contribution >= 0.6 is 0 Å². The van der Waals surface area contributed by atoms with E-state index in [2.05, 4.69) is 35.6 Å². The lowest BCUT2D eigenvalue weighted by molar-refractivity contribution is 0.598. The Bertz CT molecular complexity index is 897. The van der Waals surface area contributed by atoms with Gasteiger partial charge in [-0.05, 0) is 56.0 Å². The summed E-state index contributed by atoms with van der Waals surface area (Å²) in [4.78, 5) is 10.3. The number of aromatic amines is 1. The molecule has 0 spiro atoms. The SMILES string of the molecule is Cc1[nH]c2c(N3CCc4cc(F)ccc4C3C)cncc2c1C. The first-order chi connectivity index (χ1) is 11.1. The normalized spacial score (nSPS) is 17.6. The molecule has 2 aromatic heterocycles. The molecule has 118 valence electrons. The molecule has 1 unspecified atom stereocenters. The van der Waals surface area contributed by atoms with Gasteiger partial charge in [0.25, 0.3) is 0 Å². The molecule has 3 heterocycles. The van der Waals surface area contributed by atoms with Gasteiger partial charge in [-0.1, -0.05) is 6.07 Å². The molecule has 1 aliphatic heterocycles. The predicted molar refractivity (Wildman–Crippen MR) is 91.4 cm³/mol. The molecule has 0 fully saturated rings. The van der Waals surface area contributed by atoms with Gasteiger partial charge in [0.05, 0.1) is 23.4 Å². The maximum Gasteiger partial charge on any atom is 0.123 e. The van der Waals surface area contributed by atoms with Crippen molar-refractivity contribution in [2.75, 3.05) is 11.4 Å². The van der Waals surface area contributed by atoms with Crippen LogP contribution in [0.5, 0.6) is 0 Å². The Morgan fingerprint density at radius 1 is 1.26 bits per heavy atom. The molecule has 0 amide bonds. The van der Waals surface area contributed by atoms with Gasteiger partial charge < -0.3 is 9.88 Å². The summed E-state index contributed by atoms with van der Waals surface area (Å²) in [6.07, 6.45) is 4.71. The number of H-pyrrole nitrogens is 1. The highest BCUT2D eigenvalue weighted by atomic mass is 19.1. The number of benzene rings is 1. The molecule has 23 heavy (non-hydrogen) atoms. The zero-order valence-corrected chi connectivity index (χ0v) is 13.7. The van der Waals surface area contributed by atoms with Crippen LogP contribution in [-0.2, 0) is 6.42 Å². The van der Waals surface area contributed by atoms with Crippen molar-refractivity contribution in [1.29, 1.82) is 0 Å². The Hall–Kier alpha value is -2.36. The summed E-state index contributed by atoms with van der Waals surface area (Å²) < 4.78 is 13.5. The smallest absolute Gasteiger partial charge is 0.123 e. The summed E-state index contributed by atoms with van der Waals surface area (Å²) in [5.74, 6) is -0.149. The molecule has 1 aromatic carbocycles. The lowest BCUT2D eigenvalue weighted by atomic mass is 9.93. The lowest BCUT2D eigenvalue weighted by Crippen LogP contribution is -2.34.